The van der Waals surface area contributed by atoms with Crippen molar-refractivity contribution in [3.63, 3.8) is 0 Å². The van der Waals surface area contributed by atoms with Gasteiger partial charge in [-0.1, -0.05) is 11.6 Å². The fourth-order valence-electron chi connectivity index (χ4n) is 1.01. The molecule has 1 N–H and O–H groups in total. The van der Waals surface area contributed by atoms with Gasteiger partial charge >= 0.3 is 0 Å². The van der Waals surface area contributed by atoms with Gasteiger partial charge in [-0.3, -0.25) is 0 Å². The van der Waals surface area contributed by atoms with Crippen LogP contribution in [0.3, 0.4) is 0 Å². The molecule has 56 valence electrons. The predicted molar refractivity (Wildman–Crippen MR) is 42.9 cm³/mol. The van der Waals surface area contributed by atoms with E-state index in [0.717, 1.165) is 5.39 Å². The molecule has 1 aromatic carbocycles. The standard InChI is InChI=1S/C8H5ClO2/c9-6-1-2-7(10)8-5(6)3-4-11-8/h1-4,10H. The molecule has 2 rings (SSSR count). The molecule has 0 spiro atoms. The van der Waals surface area contributed by atoms with E-state index in [1.165, 1.54) is 12.3 Å². The first-order valence-electron chi connectivity index (χ1n) is 3.14. The second-order valence-electron chi connectivity index (χ2n) is 2.23. The Balaban J connectivity index is 2.96. The monoisotopic (exact) mass is 168 g/mol. The van der Waals surface area contributed by atoms with Crippen LogP contribution in [-0.4, -0.2) is 5.11 Å². The van der Waals surface area contributed by atoms with Crippen molar-refractivity contribution in [3.8, 4) is 5.75 Å². The average molecular weight is 169 g/mol. The highest BCUT2D eigenvalue weighted by atomic mass is 35.5. The van der Waals surface area contributed by atoms with Crippen molar-refractivity contribution in [2.24, 2.45) is 0 Å². The van der Waals surface area contributed by atoms with Gasteiger partial charge in [0.05, 0.1) is 11.3 Å². The van der Waals surface area contributed by atoms with Crippen LogP contribution in [0.25, 0.3) is 11.0 Å². The number of furan rings is 1. The zero-order valence-electron chi connectivity index (χ0n) is 5.54. The molecule has 0 amide bonds. The molecule has 0 saturated heterocycles. The zero-order chi connectivity index (χ0) is 7.84. The Morgan fingerprint density at radius 1 is 1.27 bits per heavy atom. The molecule has 0 aliphatic carbocycles. The van der Waals surface area contributed by atoms with Crippen molar-refractivity contribution >= 4 is 22.6 Å². The molecule has 2 aromatic rings. The number of rotatable bonds is 0. The second-order valence-corrected chi connectivity index (χ2v) is 2.64. The molecule has 0 bridgehead atoms. The van der Waals surface area contributed by atoms with E-state index in [1.54, 1.807) is 12.1 Å². The summed E-state index contributed by atoms with van der Waals surface area (Å²) in [7, 11) is 0. The van der Waals surface area contributed by atoms with Crippen LogP contribution in [0, 0.1) is 0 Å². The van der Waals surface area contributed by atoms with Crippen LogP contribution in [0.5, 0.6) is 5.75 Å². The fraction of sp³-hybridized carbons (Fsp3) is 0. The van der Waals surface area contributed by atoms with Crippen LogP contribution in [0.2, 0.25) is 5.02 Å². The minimum Gasteiger partial charge on any atom is -0.504 e. The van der Waals surface area contributed by atoms with E-state index in [1.807, 2.05) is 0 Å². The number of hydrogen-bond acceptors (Lipinski definition) is 2. The second kappa shape index (κ2) is 2.17. The number of fused-ring (bicyclic) bond motifs is 1. The van der Waals surface area contributed by atoms with Crippen molar-refractivity contribution in [2.75, 3.05) is 0 Å². The van der Waals surface area contributed by atoms with E-state index < -0.39 is 0 Å². The molecule has 0 aliphatic rings. The number of benzene rings is 1. The Hall–Kier alpha value is -1.15. The summed E-state index contributed by atoms with van der Waals surface area (Å²) in [6.45, 7) is 0. The average Bonchev–Trinajstić information content (AvgIpc) is 2.45. The third-order valence-electron chi connectivity index (χ3n) is 1.54. The molecule has 1 aromatic heterocycles. The normalized spacial score (nSPS) is 10.6. The molecular formula is C8H5ClO2. The number of halogens is 1. The molecule has 2 nitrogen and oxygen atoms in total. The van der Waals surface area contributed by atoms with Gasteiger partial charge in [-0.15, -0.1) is 0 Å². The van der Waals surface area contributed by atoms with Gasteiger partial charge in [0, 0.05) is 5.39 Å². The van der Waals surface area contributed by atoms with Crippen LogP contribution in [-0.2, 0) is 0 Å². The molecule has 0 radical (unpaired) electrons. The fourth-order valence-corrected chi connectivity index (χ4v) is 1.23. The minimum atomic E-state index is 0.120. The molecule has 11 heavy (non-hydrogen) atoms. The lowest BCUT2D eigenvalue weighted by atomic mass is 10.2. The summed E-state index contributed by atoms with van der Waals surface area (Å²) in [5, 5.41) is 10.6. The van der Waals surface area contributed by atoms with E-state index in [9.17, 15) is 5.11 Å². The van der Waals surface area contributed by atoms with Crippen molar-refractivity contribution in [1.82, 2.24) is 0 Å². The van der Waals surface area contributed by atoms with Crippen LogP contribution >= 0.6 is 11.6 Å². The smallest absolute Gasteiger partial charge is 0.176 e. The van der Waals surface area contributed by atoms with Gasteiger partial charge in [-0.25, -0.2) is 0 Å². The molecule has 0 unspecified atom stereocenters. The van der Waals surface area contributed by atoms with Crippen molar-refractivity contribution in [3.05, 3.63) is 29.5 Å². The highest BCUT2D eigenvalue weighted by molar-refractivity contribution is 6.35. The maximum atomic E-state index is 9.23. The summed E-state index contributed by atoms with van der Waals surface area (Å²) in [6.07, 6.45) is 1.50. The van der Waals surface area contributed by atoms with Crippen LogP contribution in [0.1, 0.15) is 0 Å². The largest absolute Gasteiger partial charge is 0.504 e. The summed E-state index contributed by atoms with van der Waals surface area (Å²) >= 11 is 5.80. The summed E-state index contributed by atoms with van der Waals surface area (Å²) in [4.78, 5) is 0. The highest BCUT2D eigenvalue weighted by Gasteiger charge is 2.05. The molecule has 0 fully saturated rings. The van der Waals surface area contributed by atoms with Crippen molar-refractivity contribution in [1.29, 1.82) is 0 Å². The van der Waals surface area contributed by atoms with Crippen molar-refractivity contribution in [2.45, 2.75) is 0 Å². The van der Waals surface area contributed by atoms with Crippen LogP contribution in [0.15, 0.2) is 28.9 Å². The van der Waals surface area contributed by atoms with Gasteiger partial charge in [0.2, 0.25) is 0 Å². The summed E-state index contributed by atoms with van der Waals surface area (Å²) in [5.41, 5.74) is 0.442. The highest BCUT2D eigenvalue weighted by Crippen LogP contribution is 2.30. The Bertz CT molecular complexity index is 356. The van der Waals surface area contributed by atoms with Crippen LogP contribution in [0.4, 0.5) is 0 Å². The van der Waals surface area contributed by atoms with E-state index in [2.05, 4.69) is 0 Å². The molecular weight excluding hydrogens is 164 g/mol. The van der Waals surface area contributed by atoms with E-state index in [0.29, 0.717) is 10.6 Å². The van der Waals surface area contributed by atoms with E-state index >= 15 is 0 Å². The van der Waals surface area contributed by atoms with Gasteiger partial charge in [-0.2, -0.15) is 0 Å². The van der Waals surface area contributed by atoms with Gasteiger partial charge in [0.1, 0.15) is 0 Å². The number of aromatic hydroxyl groups is 1. The summed E-state index contributed by atoms with van der Waals surface area (Å²) < 4.78 is 5.00. The maximum absolute atomic E-state index is 9.23. The molecule has 0 aliphatic heterocycles. The Morgan fingerprint density at radius 2 is 2.09 bits per heavy atom. The zero-order valence-corrected chi connectivity index (χ0v) is 6.30. The first-order valence-corrected chi connectivity index (χ1v) is 3.51. The lowest BCUT2D eigenvalue weighted by molar-refractivity contribution is 0.465. The first kappa shape index (κ1) is 6.55. The van der Waals surface area contributed by atoms with Gasteiger partial charge in [0.15, 0.2) is 11.3 Å². The van der Waals surface area contributed by atoms with E-state index in [4.69, 9.17) is 16.0 Å². The Kier molecular flexibility index (Phi) is 1.29. The van der Waals surface area contributed by atoms with Gasteiger partial charge in [-0.05, 0) is 18.2 Å². The Labute approximate surface area is 68.0 Å². The SMILES string of the molecule is Oc1ccc(Cl)c2ccoc12. The van der Waals surface area contributed by atoms with Gasteiger partial charge < -0.3 is 9.52 Å². The van der Waals surface area contributed by atoms with Crippen molar-refractivity contribution < 1.29 is 9.52 Å². The minimum absolute atomic E-state index is 0.120. The summed E-state index contributed by atoms with van der Waals surface area (Å²) in [5.74, 6) is 0.120. The third kappa shape index (κ3) is 0.870. The first-order chi connectivity index (χ1) is 5.29. The maximum Gasteiger partial charge on any atom is 0.176 e. The van der Waals surface area contributed by atoms with Gasteiger partial charge in [0.25, 0.3) is 0 Å². The van der Waals surface area contributed by atoms with Crippen LogP contribution < -0.4 is 0 Å². The predicted octanol–water partition coefficient (Wildman–Crippen LogP) is 2.79. The number of phenols is 1. The third-order valence-corrected chi connectivity index (χ3v) is 1.87. The Morgan fingerprint density at radius 3 is 2.82 bits per heavy atom. The number of hydrogen-bond donors (Lipinski definition) is 1. The quantitative estimate of drug-likeness (QED) is 0.656. The molecule has 1 heterocycles. The number of phenolic OH excluding ortho intramolecular Hbond substituents is 1. The molecule has 0 atom stereocenters. The van der Waals surface area contributed by atoms with E-state index in [-0.39, 0.29) is 5.75 Å². The lowest BCUT2D eigenvalue weighted by Crippen LogP contribution is -1.67. The lowest BCUT2D eigenvalue weighted by Gasteiger charge is -1.93. The molecule has 0 saturated carbocycles. The molecule has 3 heteroatoms. The summed E-state index contributed by atoms with van der Waals surface area (Å²) in [6, 6.07) is 4.86. The topological polar surface area (TPSA) is 33.4 Å².